The van der Waals surface area contributed by atoms with Crippen LogP contribution in [0.5, 0.6) is 0 Å². The second kappa shape index (κ2) is 9.25. The minimum Gasteiger partial charge on any atom is -0.370 e. The molecule has 12 heteroatoms. The molecule has 0 N–H and O–H groups in total. The Kier molecular flexibility index (Phi) is 6.10. The molecule has 1 saturated heterocycles. The molecule has 186 valence electrons. The van der Waals surface area contributed by atoms with E-state index in [1.54, 1.807) is 6.07 Å². The fourth-order valence-corrected chi connectivity index (χ4v) is 4.67. The lowest BCUT2D eigenvalue weighted by atomic mass is 9.89. The second-order valence-corrected chi connectivity index (χ2v) is 8.62. The normalized spacial score (nSPS) is 15.0. The number of hydrogen-bond acceptors (Lipinski definition) is 7. The van der Waals surface area contributed by atoms with Gasteiger partial charge in [0.1, 0.15) is 11.3 Å². The van der Waals surface area contributed by atoms with Crippen molar-refractivity contribution in [1.29, 1.82) is 0 Å². The lowest BCUT2D eigenvalue weighted by Crippen LogP contribution is -2.36. The number of fused-ring (bicyclic) bond motifs is 1. The van der Waals surface area contributed by atoms with E-state index in [4.69, 9.17) is 0 Å². The number of pyridine rings is 2. The molecule has 0 saturated carbocycles. The maximum absolute atomic E-state index is 13.7. The monoisotopic (exact) mass is 499 g/mol. The summed E-state index contributed by atoms with van der Waals surface area (Å²) in [7, 11) is 0. The van der Waals surface area contributed by atoms with Gasteiger partial charge in [-0.15, -0.1) is 0 Å². The van der Waals surface area contributed by atoms with Gasteiger partial charge in [-0.05, 0) is 31.7 Å². The molecule has 0 atom stereocenters. The first-order valence-electron chi connectivity index (χ1n) is 11.3. The molecule has 1 aliphatic heterocycles. The molecular formula is C24H21F4N7O. The highest BCUT2D eigenvalue weighted by Gasteiger charge is 2.36. The van der Waals surface area contributed by atoms with E-state index in [0.29, 0.717) is 48.4 Å². The van der Waals surface area contributed by atoms with Crippen molar-refractivity contribution in [3.8, 4) is 0 Å². The average Bonchev–Trinajstić information content (AvgIpc) is 2.87. The van der Waals surface area contributed by atoms with Crippen LogP contribution in [0.25, 0.3) is 11.2 Å². The van der Waals surface area contributed by atoms with Crippen LogP contribution in [-0.2, 0) is 12.7 Å². The van der Waals surface area contributed by atoms with Gasteiger partial charge in [-0.2, -0.15) is 13.2 Å². The van der Waals surface area contributed by atoms with Crippen LogP contribution in [0.1, 0.15) is 41.4 Å². The molecule has 0 aromatic carbocycles. The molecule has 0 amide bonds. The van der Waals surface area contributed by atoms with Crippen LogP contribution in [0, 0.1) is 12.7 Å². The van der Waals surface area contributed by atoms with Crippen molar-refractivity contribution in [2.75, 3.05) is 18.0 Å². The number of rotatable bonds is 4. The number of alkyl halides is 3. The largest absolute Gasteiger partial charge is 0.435 e. The van der Waals surface area contributed by atoms with Crippen LogP contribution >= 0.6 is 0 Å². The van der Waals surface area contributed by atoms with E-state index in [-0.39, 0.29) is 17.3 Å². The molecule has 0 unspecified atom stereocenters. The maximum Gasteiger partial charge on any atom is 0.435 e. The summed E-state index contributed by atoms with van der Waals surface area (Å²) >= 11 is 0. The second-order valence-electron chi connectivity index (χ2n) is 8.62. The fraction of sp³-hybridized carbons (Fsp3) is 0.333. The van der Waals surface area contributed by atoms with E-state index in [9.17, 15) is 22.4 Å². The van der Waals surface area contributed by atoms with Crippen molar-refractivity contribution in [2.24, 2.45) is 0 Å². The van der Waals surface area contributed by atoms with Gasteiger partial charge in [-0.25, -0.2) is 14.4 Å². The Labute approximate surface area is 202 Å². The lowest BCUT2D eigenvalue weighted by Gasteiger charge is -2.34. The van der Waals surface area contributed by atoms with Crippen LogP contribution in [-0.4, -0.2) is 42.6 Å². The Morgan fingerprint density at radius 2 is 1.67 bits per heavy atom. The number of piperidine rings is 1. The van der Waals surface area contributed by atoms with Gasteiger partial charge in [0.2, 0.25) is 0 Å². The van der Waals surface area contributed by atoms with E-state index in [1.807, 2.05) is 11.8 Å². The van der Waals surface area contributed by atoms with Crippen molar-refractivity contribution in [1.82, 2.24) is 29.5 Å². The molecule has 36 heavy (non-hydrogen) atoms. The summed E-state index contributed by atoms with van der Waals surface area (Å²) in [5, 5.41) is 0. The van der Waals surface area contributed by atoms with Crippen molar-refractivity contribution in [2.45, 2.75) is 38.4 Å². The first-order chi connectivity index (χ1) is 17.2. The predicted molar refractivity (Wildman–Crippen MR) is 123 cm³/mol. The molecule has 8 nitrogen and oxygen atoms in total. The third kappa shape index (κ3) is 4.50. The van der Waals surface area contributed by atoms with E-state index in [0.717, 1.165) is 12.4 Å². The Hall–Kier alpha value is -3.96. The van der Waals surface area contributed by atoms with Gasteiger partial charge in [0.15, 0.2) is 11.3 Å². The van der Waals surface area contributed by atoms with Gasteiger partial charge in [-0.1, -0.05) is 0 Å². The smallest absolute Gasteiger partial charge is 0.370 e. The summed E-state index contributed by atoms with van der Waals surface area (Å²) in [6.45, 7) is 2.49. The van der Waals surface area contributed by atoms with E-state index >= 15 is 0 Å². The molecule has 1 fully saturated rings. The first kappa shape index (κ1) is 23.8. The first-order valence-corrected chi connectivity index (χ1v) is 11.3. The zero-order valence-corrected chi connectivity index (χ0v) is 19.2. The van der Waals surface area contributed by atoms with E-state index < -0.39 is 29.8 Å². The minimum absolute atomic E-state index is 0.155. The molecule has 0 bridgehead atoms. The van der Waals surface area contributed by atoms with Crippen molar-refractivity contribution < 1.29 is 17.6 Å². The fourth-order valence-electron chi connectivity index (χ4n) is 4.67. The molecule has 5 rings (SSSR count). The Morgan fingerprint density at radius 3 is 2.42 bits per heavy atom. The molecule has 1 aliphatic rings. The number of halogens is 4. The van der Waals surface area contributed by atoms with Crippen LogP contribution in [0.2, 0.25) is 0 Å². The summed E-state index contributed by atoms with van der Waals surface area (Å²) in [5.74, 6) is -0.576. The summed E-state index contributed by atoms with van der Waals surface area (Å²) in [4.78, 5) is 35.5. The molecular weight excluding hydrogens is 478 g/mol. The predicted octanol–water partition coefficient (Wildman–Crippen LogP) is 3.88. The Bertz CT molecular complexity index is 1480. The number of nitrogens with zero attached hydrogens (tertiary/aromatic N) is 7. The number of aromatic nitrogens is 6. The number of hydrogen-bond donors (Lipinski definition) is 0. The lowest BCUT2D eigenvalue weighted by molar-refractivity contribution is -0.142. The van der Waals surface area contributed by atoms with Gasteiger partial charge in [-0.3, -0.25) is 24.3 Å². The average molecular weight is 499 g/mol. The SMILES string of the molecule is Cc1ncc(F)cc1N1CCC(c2cc3nccnc3n(Cc3nccnc3C(F)(F)F)c2=O)CC1. The molecule has 0 aliphatic carbocycles. The molecule has 5 heterocycles. The van der Waals surface area contributed by atoms with Gasteiger partial charge in [0, 0.05) is 49.5 Å². The maximum atomic E-state index is 13.7. The van der Waals surface area contributed by atoms with Crippen molar-refractivity contribution in [3.05, 3.63) is 81.9 Å². The van der Waals surface area contributed by atoms with Crippen LogP contribution in [0.4, 0.5) is 23.2 Å². The van der Waals surface area contributed by atoms with Crippen LogP contribution in [0.3, 0.4) is 0 Å². The highest BCUT2D eigenvalue weighted by Crippen LogP contribution is 2.32. The molecule has 0 spiro atoms. The van der Waals surface area contributed by atoms with Crippen LogP contribution < -0.4 is 10.5 Å². The molecule has 4 aromatic heterocycles. The van der Waals surface area contributed by atoms with Crippen LogP contribution in [0.15, 0.2) is 47.9 Å². The zero-order chi connectivity index (χ0) is 25.4. The third-order valence-corrected chi connectivity index (χ3v) is 6.40. The van der Waals surface area contributed by atoms with Gasteiger partial charge in [0.05, 0.1) is 29.8 Å². The Balaban J connectivity index is 1.50. The minimum atomic E-state index is -4.72. The highest BCUT2D eigenvalue weighted by atomic mass is 19.4. The van der Waals surface area contributed by atoms with Crippen molar-refractivity contribution >= 4 is 16.9 Å². The van der Waals surface area contributed by atoms with E-state index in [2.05, 4.69) is 24.9 Å². The third-order valence-electron chi connectivity index (χ3n) is 6.40. The number of aryl methyl sites for hydroxylation is 1. The Morgan fingerprint density at radius 1 is 0.972 bits per heavy atom. The molecule has 4 aromatic rings. The molecule has 0 radical (unpaired) electrons. The van der Waals surface area contributed by atoms with Gasteiger partial charge < -0.3 is 4.90 Å². The summed E-state index contributed by atoms with van der Waals surface area (Å²) < 4.78 is 55.5. The van der Waals surface area contributed by atoms with Crippen molar-refractivity contribution in [3.63, 3.8) is 0 Å². The van der Waals surface area contributed by atoms with E-state index in [1.165, 1.54) is 29.2 Å². The topological polar surface area (TPSA) is 89.7 Å². The quantitative estimate of drug-likeness (QED) is 0.394. The summed E-state index contributed by atoms with van der Waals surface area (Å²) in [6, 6.07) is 3.11. The standard InChI is InChI=1S/C24H21F4N7O/c1-14-20(10-16(25)12-33-14)34-8-2-15(3-9-34)17-11-18-22(32-7-5-29-18)35(23(17)36)13-19-21(24(26,27)28)31-6-4-30-19/h4-7,10-12,15H,2-3,8-9,13H2,1H3. The zero-order valence-electron chi connectivity index (χ0n) is 19.2. The number of anilines is 1. The highest BCUT2D eigenvalue weighted by molar-refractivity contribution is 5.71. The van der Waals surface area contributed by atoms with Gasteiger partial charge in [0.25, 0.3) is 5.56 Å². The summed E-state index contributed by atoms with van der Waals surface area (Å²) in [5.41, 5.74) is 0.478. The van der Waals surface area contributed by atoms with Gasteiger partial charge >= 0.3 is 6.18 Å². The summed E-state index contributed by atoms with van der Waals surface area (Å²) in [6.07, 6.45) is 2.61.